The average Bonchev–Trinajstić information content (AvgIpc) is 1.62. The number of likely N-dealkylation sites (tertiary alicyclic amines) is 1. The molecule has 1 aromatic carbocycles. The molecule has 0 bridgehead atoms. The van der Waals surface area contributed by atoms with Crippen LogP contribution in [0.15, 0.2) is 42.7 Å². The lowest BCUT2D eigenvalue weighted by Gasteiger charge is -2.31. The summed E-state index contributed by atoms with van der Waals surface area (Å²) in [5.41, 5.74) is 12.8. The van der Waals surface area contributed by atoms with E-state index in [1.165, 1.54) is 11.8 Å². The number of hydrogen-bond acceptors (Lipinski definition) is 17. The molecule has 1 aliphatic rings. The molecule has 11 atom stereocenters. The van der Waals surface area contributed by atoms with Gasteiger partial charge < -0.3 is 85.3 Å². The summed E-state index contributed by atoms with van der Waals surface area (Å²) in [6, 6.07) is -1.99. The van der Waals surface area contributed by atoms with E-state index in [0.29, 0.717) is 25.7 Å². The van der Waals surface area contributed by atoms with E-state index in [1.54, 1.807) is 27.7 Å². The maximum Gasteiger partial charge on any atom is 0.245 e. The number of carbonyl (C=O) groups is 13. The summed E-state index contributed by atoms with van der Waals surface area (Å²) in [5, 5.41) is 41.5. The van der Waals surface area contributed by atoms with Gasteiger partial charge in [0.25, 0.3) is 0 Å². The molecular formula is C67H113N15O14. The molecule has 1 aliphatic heterocycles. The summed E-state index contributed by atoms with van der Waals surface area (Å²) in [6.45, 7) is 24.5. The van der Waals surface area contributed by atoms with E-state index in [-0.39, 0.29) is 99.2 Å². The molecule has 29 nitrogen and oxygen atoms in total. The average molecular weight is 1350 g/mol. The van der Waals surface area contributed by atoms with Gasteiger partial charge in [-0.15, -0.1) is 0 Å². The molecule has 0 aromatic heterocycles. The fourth-order valence-corrected chi connectivity index (χ4v) is 10.7. The van der Waals surface area contributed by atoms with Gasteiger partial charge in [-0.2, -0.15) is 0 Å². The molecule has 1 heterocycles. The first-order valence-electron chi connectivity index (χ1n) is 33.7. The molecule has 29 heteroatoms. The summed E-state index contributed by atoms with van der Waals surface area (Å²) in [4.78, 5) is 178. The zero-order valence-electron chi connectivity index (χ0n) is 58.7. The van der Waals surface area contributed by atoms with Crippen molar-refractivity contribution in [3.05, 3.63) is 48.3 Å². The largest absolute Gasteiger partial charge is 0.394 e. The standard InChI is InChI=1S/C67H113N15O14/c1-15-42(12)58(81-64(93)51(30-40(8)9)78-65(94)54-24-20-26-82(54)67(96)52(31-41(10)11)79-59(88)46(69)32-45-21-17-16-18-22-45)66(95)73-35-55(85)74-47(23-19-25-70-44(14)68)60(89)71-33-56(86)76-50(29-39(6)7)63(92)80-53(36-83)61(90)72-34-57(87)75-49(28-38(4)5)62(91)77-48(43(13)84)27-37(2)3/h16-18,21-22,37-42,46-54,58,70,83H,14-15,19-20,23-36,68-69H2,1-13H3,(H,71,89)(H,72,90)(H,73,95)(H,74,85)(H,75,87)(H,76,86)(H,77,91)(H,78,94)(H,79,88)(H,80,92)(H,81,93)/t42-,46-,47-,48-,49-,50-,51-,52-,53-,54?,58-/m0/s1. The first-order valence-corrected chi connectivity index (χ1v) is 33.7. The highest BCUT2D eigenvalue weighted by Crippen LogP contribution is 2.22. The van der Waals surface area contributed by atoms with Gasteiger partial charge in [-0.1, -0.05) is 126 Å². The predicted octanol–water partition coefficient (Wildman–Crippen LogP) is -0.568. The Labute approximate surface area is 566 Å². The van der Waals surface area contributed by atoms with E-state index < -0.39 is 163 Å². The monoisotopic (exact) mass is 1350 g/mol. The van der Waals surface area contributed by atoms with Gasteiger partial charge in [0.1, 0.15) is 48.3 Å². The van der Waals surface area contributed by atoms with Crippen LogP contribution >= 0.6 is 0 Å². The number of ketones is 1. The molecule has 2 rings (SSSR count). The Morgan fingerprint density at radius 1 is 0.531 bits per heavy atom. The summed E-state index contributed by atoms with van der Waals surface area (Å²) >= 11 is 0. The Morgan fingerprint density at radius 2 is 0.958 bits per heavy atom. The van der Waals surface area contributed by atoms with Crippen molar-refractivity contribution in [1.29, 1.82) is 0 Å². The highest BCUT2D eigenvalue weighted by molar-refractivity contribution is 5.99. The lowest BCUT2D eigenvalue weighted by molar-refractivity contribution is -0.142. The van der Waals surface area contributed by atoms with Crippen molar-refractivity contribution in [2.45, 2.75) is 221 Å². The van der Waals surface area contributed by atoms with Crippen LogP contribution in [-0.4, -0.2) is 186 Å². The Bertz CT molecular complexity index is 2770. The summed E-state index contributed by atoms with van der Waals surface area (Å²) in [7, 11) is 0. The number of nitrogens with two attached hydrogens (primary N) is 2. The lowest BCUT2D eigenvalue weighted by Crippen LogP contribution is -2.59. The first kappa shape index (κ1) is 83.9. The van der Waals surface area contributed by atoms with Gasteiger partial charge in [-0.3, -0.25) is 62.3 Å². The molecule has 17 N–H and O–H groups in total. The van der Waals surface area contributed by atoms with E-state index in [1.807, 2.05) is 85.7 Å². The molecule has 540 valence electrons. The van der Waals surface area contributed by atoms with Gasteiger partial charge >= 0.3 is 0 Å². The smallest absolute Gasteiger partial charge is 0.245 e. The van der Waals surface area contributed by atoms with Crippen LogP contribution in [0.2, 0.25) is 0 Å². The van der Waals surface area contributed by atoms with Crippen molar-refractivity contribution in [3.63, 3.8) is 0 Å². The second-order valence-electron chi connectivity index (χ2n) is 27.2. The van der Waals surface area contributed by atoms with Gasteiger partial charge in [0.2, 0.25) is 70.9 Å². The number of rotatable bonds is 44. The van der Waals surface area contributed by atoms with Crippen LogP contribution in [0.5, 0.6) is 0 Å². The molecule has 96 heavy (non-hydrogen) atoms. The van der Waals surface area contributed by atoms with E-state index in [4.69, 9.17) is 11.5 Å². The Kier molecular flexibility index (Phi) is 37.6. The number of hydrogen-bond donors (Lipinski definition) is 15. The Balaban J connectivity index is 2.17. The predicted molar refractivity (Wildman–Crippen MR) is 362 cm³/mol. The highest BCUT2D eigenvalue weighted by atomic mass is 16.3. The van der Waals surface area contributed by atoms with Crippen molar-refractivity contribution >= 4 is 76.7 Å². The van der Waals surface area contributed by atoms with Gasteiger partial charge in [-0.25, -0.2) is 0 Å². The maximum atomic E-state index is 14.3. The molecule has 0 aliphatic carbocycles. The molecule has 1 unspecified atom stereocenters. The minimum Gasteiger partial charge on any atom is -0.394 e. The minimum atomic E-state index is -1.59. The molecule has 12 amide bonds. The lowest BCUT2D eigenvalue weighted by atomic mass is 9.96. The normalized spacial score (nSPS) is 16.0. The van der Waals surface area contributed by atoms with Crippen LogP contribution in [0.1, 0.15) is 160 Å². The van der Waals surface area contributed by atoms with E-state index >= 15 is 0 Å². The summed E-state index contributed by atoms with van der Waals surface area (Å²) in [5.74, 6) is -9.53. The second kappa shape index (κ2) is 43.1. The summed E-state index contributed by atoms with van der Waals surface area (Å²) in [6.07, 6.45) is 2.75. The summed E-state index contributed by atoms with van der Waals surface area (Å²) < 4.78 is 0. The minimum absolute atomic E-state index is 0.00775. The molecule has 0 radical (unpaired) electrons. The van der Waals surface area contributed by atoms with Crippen LogP contribution in [0.3, 0.4) is 0 Å². The number of nitrogens with one attached hydrogen (secondary N) is 12. The molecule has 1 fully saturated rings. The Morgan fingerprint density at radius 3 is 1.43 bits per heavy atom. The molecule has 0 spiro atoms. The second-order valence-corrected chi connectivity index (χ2v) is 27.2. The van der Waals surface area contributed by atoms with Gasteiger partial charge in [-0.05, 0) is 112 Å². The topological polar surface area (TPSA) is 442 Å². The van der Waals surface area contributed by atoms with Crippen molar-refractivity contribution in [2.75, 3.05) is 39.3 Å². The van der Waals surface area contributed by atoms with Crippen molar-refractivity contribution in [3.8, 4) is 0 Å². The van der Waals surface area contributed by atoms with E-state index in [2.05, 4.69) is 70.4 Å². The SMILES string of the molecule is C=C(N)NCCC[C@H](NC(=O)CNC(=O)[C@@H](NC(=O)[C@H](CC(C)C)NC(=O)C1CCCN1C(=O)[C@H](CC(C)C)NC(=O)[C@@H](N)Cc1ccccc1)[C@@H](C)CC)C(=O)NCC(=O)N[C@@H](CC(C)C)C(=O)N[C@@H](CO)C(=O)NCC(=O)N[C@@H](CC(C)C)C(=O)N[C@@H](CC(C)C)C(C)=O. The van der Waals surface area contributed by atoms with Crippen molar-refractivity contribution in [2.24, 2.45) is 47.0 Å². The molecule has 0 saturated carbocycles. The number of amides is 12. The number of carbonyl (C=O) groups excluding carboxylic acids is 13. The van der Waals surface area contributed by atoms with Gasteiger partial charge in [0, 0.05) is 13.1 Å². The number of aliphatic hydroxyl groups excluding tert-OH is 1. The molecule has 1 saturated heterocycles. The quantitative estimate of drug-likeness (QED) is 0.0364. The number of aliphatic hydroxyl groups is 1. The Hall–Kier alpha value is -8.21. The molecular weight excluding hydrogens is 1240 g/mol. The number of benzene rings is 1. The van der Waals surface area contributed by atoms with E-state index in [0.717, 1.165) is 5.56 Å². The van der Waals surface area contributed by atoms with Crippen LogP contribution in [-0.2, 0) is 68.7 Å². The van der Waals surface area contributed by atoms with Gasteiger partial charge in [0.15, 0.2) is 5.78 Å². The fourth-order valence-electron chi connectivity index (χ4n) is 10.7. The van der Waals surface area contributed by atoms with Gasteiger partial charge in [0.05, 0.1) is 44.1 Å². The van der Waals surface area contributed by atoms with Crippen LogP contribution < -0.4 is 75.3 Å². The fraction of sp³-hybridized carbons (Fsp3) is 0.687. The third-order valence-electron chi connectivity index (χ3n) is 15.9. The van der Waals surface area contributed by atoms with Crippen molar-refractivity contribution < 1.29 is 67.4 Å². The number of nitrogens with zero attached hydrogens (tertiary/aromatic N) is 1. The highest BCUT2D eigenvalue weighted by Gasteiger charge is 2.41. The first-order chi connectivity index (χ1) is 45.1. The van der Waals surface area contributed by atoms with Crippen LogP contribution in [0.4, 0.5) is 0 Å². The molecule has 1 aromatic rings. The van der Waals surface area contributed by atoms with Crippen LogP contribution in [0.25, 0.3) is 0 Å². The van der Waals surface area contributed by atoms with Crippen molar-refractivity contribution in [1.82, 2.24) is 68.7 Å². The third-order valence-corrected chi connectivity index (χ3v) is 15.9. The zero-order valence-corrected chi connectivity index (χ0v) is 58.7. The van der Waals surface area contributed by atoms with E-state index in [9.17, 15) is 67.4 Å². The number of Topliss-reactive ketones (excluding diaryl/α,β-unsaturated/α-hetero) is 1. The van der Waals surface area contributed by atoms with Crippen LogP contribution in [0, 0.1) is 35.5 Å². The zero-order chi connectivity index (χ0) is 72.5. The maximum absolute atomic E-state index is 14.3. The third kappa shape index (κ3) is 31.6.